The molecule has 0 radical (unpaired) electrons. The summed E-state index contributed by atoms with van der Waals surface area (Å²) >= 11 is 0. The Hall–Kier alpha value is -3.07. The van der Waals surface area contributed by atoms with E-state index >= 15 is 0 Å². The van der Waals surface area contributed by atoms with Gasteiger partial charge in [0, 0.05) is 76.1 Å². The van der Waals surface area contributed by atoms with Crippen molar-refractivity contribution in [2.45, 2.75) is 25.4 Å². The van der Waals surface area contributed by atoms with E-state index in [1.165, 1.54) is 5.56 Å². The molecule has 178 valence electrons. The minimum atomic E-state index is 0.454. The summed E-state index contributed by atoms with van der Waals surface area (Å²) in [5.74, 6) is 1.47. The summed E-state index contributed by atoms with van der Waals surface area (Å²) in [5.41, 5.74) is 4.10. The normalized spacial score (nSPS) is 22.9. The molecular formula is C26H33N7O. The maximum atomic E-state index is 5.57. The summed E-state index contributed by atoms with van der Waals surface area (Å²) in [7, 11) is 1.81. The number of aromatic nitrogens is 3. The Morgan fingerprint density at radius 1 is 1.06 bits per heavy atom. The van der Waals surface area contributed by atoms with Crippen LogP contribution in [0.25, 0.3) is 11.3 Å². The zero-order chi connectivity index (χ0) is 23.2. The van der Waals surface area contributed by atoms with Gasteiger partial charge in [-0.1, -0.05) is 12.1 Å². The van der Waals surface area contributed by atoms with Gasteiger partial charge in [0.05, 0.1) is 12.3 Å². The SMILES string of the molecule is COCC1CCCNc2ccc(cn2)-c2ccnc(n2)Nc2cccc(c2)CN2CCN1CC2. The Morgan fingerprint density at radius 2 is 1.97 bits per heavy atom. The summed E-state index contributed by atoms with van der Waals surface area (Å²) in [5, 5.41) is 6.83. The lowest BCUT2D eigenvalue weighted by Gasteiger charge is -2.39. The van der Waals surface area contributed by atoms with E-state index in [-0.39, 0.29) is 0 Å². The number of hydrogen-bond acceptors (Lipinski definition) is 8. The molecule has 1 unspecified atom stereocenters. The van der Waals surface area contributed by atoms with Crippen molar-refractivity contribution in [1.29, 1.82) is 0 Å². The number of ether oxygens (including phenoxy) is 1. The maximum Gasteiger partial charge on any atom is 0.227 e. The summed E-state index contributed by atoms with van der Waals surface area (Å²) < 4.78 is 5.57. The van der Waals surface area contributed by atoms with Gasteiger partial charge in [-0.2, -0.15) is 0 Å². The fraction of sp³-hybridized carbons (Fsp3) is 0.423. The minimum absolute atomic E-state index is 0.454. The Labute approximate surface area is 201 Å². The molecule has 0 saturated carbocycles. The van der Waals surface area contributed by atoms with Crippen LogP contribution in [0.15, 0.2) is 54.9 Å². The fourth-order valence-corrected chi connectivity index (χ4v) is 4.77. The second-order valence-electron chi connectivity index (χ2n) is 9.01. The van der Waals surface area contributed by atoms with E-state index in [0.29, 0.717) is 12.0 Å². The summed E-state index contributed by atoms with van der Waals surface area (Å²) in [6.07, 6.45) is 5.83. The molecule has 0 spiro atoms. The third kappa shape index (κ3) is 5.70. The van der Waals surface area contributed by atoms with Crippen LogP contribution < -0.4 is 10.6 Å². The van der Waals surface area contributed by atoms with Crippen molar-refractivity contribution in [3.63, 3.8) is 0 Å². The molecule has 0 amide bonds. The number of rotatable bonds is 2. The third-order valence-corrected chi connectivity index (χ3v) is 6.61. The minimum Gasteiger partial charge on any atom is -0.383 e. The van der Waals surface area contributed by atoms with Crippen LogP contribution in [0.3, 0.4) is 0 Å². The Kier molecular flexibility index (Phi) is 7.28. The molecule has 7 heterocycles. The van der Waals surface area contributed by atoms with Crippen molar-refractivity contribution in [2.24, 2.45) is 0 Å². The van der Waals surface area contributed by atoms with E-state index in [9.17, 15) is 0 Å². The van der Waals surface area contributed by atoms with E-state index in [1.54, 1.807) is 13.3 Å². The number of nitrogens with zero attached hydrogens (tertiary/aromatic N) is 5. The lowest BCUT2D eigenvalue weighted by Crippen LogP contribution is -2.51. The molecule has 1 saturated heterocycles. The van der Waals surface area contributed by atoms with Gasteiger partial charge in [0.25, 0.3) is 0 Å². The molecule has 1 fully saturated rings. The standard InChI is InChI=1S/C26H33N7O/c1-34-19-23-6-3-10-27-25-8-7-21(17-29-25)24-9-11-28-26(31-24)30-22-5-2-4-20(16-22)18-32-12-14-33(23)15-13-32/h2,4-5,7-9,11,16-17,23H,3,6,10,12-15,18-19H2,1H3,(H,27,29)(H,28,30,31). The predicted octanol–water partition coefficient (Wildman–Crippen LogP) is 3.62. The quantitative estimate of drug-likeness (QED) is 0.602. The fourth-order valence-electron chi connectivity index (χ4n) is 4.77. The van der Waals surface area contributed by atoms with Crippen LogP contribution in [0.5, 0.6) is 0 Å². The van der Waals surface area contributed by atoms with Gasteiger partial charge in [-0.05, 0) is 48.7 Å². The lowest BCUT2D eigenvalue weighted by atomic mass is 10.1. The van der Waals surface area contributed by atoms with Gasteiger partial charge < -0.3 is 15.4 Å². The number of piperazine rings is 1. The summed E-state index contributed by atoms with van der Waals surface area (Å²) in [6.45, 7) is 6.89. The highest BCUT2D eigenvalue weighted by molar-refractivity contribution is 5.62. The molecule has 2 N–H and O–H groups in total. The summed E-state index contributed by atoms with van der Waals surface area (Å²) in [4.78, 5) is 18.9. The number of hydrogen-bond donors (Lipinski definition) is 2. The maximum absolute atomic E-state index is 5.57. The Morgan fingerprint density at radius 3 is 2.79 bits per heavy atom. The first-order chi connectivity index (χ1) is 16.8. The molecule has 0 aliphatic carbocycles. The molecule has 1 atom stereocenters. The first-order valence-electron chi connectivity index (χ1n) is 12.1. The van der Waals surface area contributed by atoms with Gasteiger partial charge in [-0.3, -0.25) is 9.80 Å². The smallest absolute Gasteiger partial charge is 0.227 e. The van der Waals surface area contributed by atoms with Crippen molar-refractivity contribution >= 4 is 17.5 Å². The molecule has 1 aromatic carbocycles. The second-order valence-corrected chi connectivity index (χ2v) is 9.01. The van der Waals surface area contributed by atoms with Gasteiger partial charge in [0.15, 0.2) is 0 Å². The van der Waals surface area contributed by atoms with E-state index < -0.39 is 0 Å². The number of nitrogens with one attached hydrogen (secondary N) is 2. The molecule has 8 rings (SSSR count). The zero-order valence-electron chi connectivity index (χ0n) is 19.8. The molecule has 5 aliphatic heterocycles. The van der Waals surface area contributed by atoms with Crippen LogP contribution in [-0.2, 0) is 11.3 Å². The van der Waals surface area contributed by atoms with Gasteiger partial charge in [-0.15, -0.1) is 0 Å². The Balaban J connectivity index is 1.39. The van der Waals surface area contributed by atoms with Crippen molar-refractivity contribution in [3.8, 4) is 11.3 Å². The lowest BCUT2D eigenvalue weighted by molar-refractivity contribution is 0.0432. The molecule has 8 bridgehead atoms. The Bertz CT molecular complexity index is 1070. The van der Waals surface area contributed by atoms with Gasteiger partial charge in [0.2, 0.25) is 5.95 Å². The molecule has 5 aliphatic rings. The van der Waals surface area contributed by atoms with E-state index in [0.717, 1.165) is 81.5 Å². The average molecular weight is 460 g/mol. The number of methoxy groups -OCH3 is 1. The molecule has 34 heavy (non-hydrogen) atoms. The van der Waals surface area contributed by atoms with Gasteiger partial charge in [0.1, 0.15) is 5.82 Å². The van der Waals surface area contributed by atoms with E-state index in [4.69, 9.17) is 9.72 Å². The average Bonchev–Trinajstić information content (AvgIpc) is 2.87. The van der Waals surface area contributed by atoms with Gasteiger partial charge in [-0.25, -0.2) is 15.0 Å². The third-order valence-electron chi connectivity index (χ3n) is 6.61. The van der Waals surface area contributed by atoms with Crippen molar-refractivity contribution in [2.75, 3.05) is 57.1 Å². The monoisotopic (exact) mass is 459 g/mol. The highest BCUT2D eigenvalue weighted by Gasteiger charge is 2.23. The van der Waals surface area contributed by atoms with Crippen LogP contribution in [0, 0.1) is 0 Å². The largest absolute Gasteiger partial charge is 0.383 e. The van der Waals surface area contributed by atoms with Gasteiger partial charge >= 0.3 is 0 Å². The first kappa shape index (κ1) is 22.7. The van der Waals surface area contributed by atoms with Crippen LogP contribution in [0.4, 0.5) is 17.5 Å². The van der Waals surface area contributed by atoms with E-state index in [1.807, 2.05) is 18.3 Å². The van der Waals surface area contributed by atoms with Crippen molar-refractivity contribution < 1.29 is 4.74 Å². The molecule has 8 heteroatoms. The van der Waals surface area contributed by atoms with Crippen LogP contribution in [-0.4, -0.2) is 77.2 Å². The number of pyridine rings is 1. The van der Waals surface area contributed by atoms with Crippen LogP contribution in [0.1, 0.15) is 18.4 Å². The molecule has 2 aromatic heterocycles. The van der Waals surface area contributed by atoms with Crippen molar-refractivity contribution in [3.05, 3.63) is 60.4 Å². The highest BCUT2D eigenvalue weighted by atomic mass is 16.5. The number of anilines is 3. The summed E-state index contributed by atoms with van der Waals surface area (Å²) in [6, 6.07) is 15.0. The highest BCUT2D eigenvalue weighted by Crippen LogP contribution is 2.22. The van der Waals surface area contributed by atoms with Crippen LogP contribution >= 0.6 is 0 Å². The van der Waals surface area contributed by atoms with Crippen molar-refractivity contribution in [1.82, 2.24) is 24.8 Å². The molecule has 8 nitrogen and oxygen atoms in total. The van der Waals surface area contributed by atoms with E-state index in [2.05, 4.69) is 60.7 Å². The second kappa shape index (κ2) is 10.9. The van der Waals surface area contributed by atoms with Crippen LogP contribution in [0.2, 0.25) is 0 Å². The number of benzene rings is 1. The first-order valence-corrected chi connectivity index (χ1v) is 12.1. The topological polar surface area (TPSA) is 78.4 Å². The molecular weight excluding hydrogens is 426 g/mol. The molecule has 3 aromatic rings. The predicted molar refractivity (Wildman–Crippen MR) is 135 cm³/mol. The zero-order valence-corrected chi connectivity index (χ0v) is 19.8.